The van der Waals surface area contributed by atoms with E-state index in [4.69, 9.17) is 17.3 Å². The van der Waals surface area contributed by atoms with Crippen LogP contribution in [0.3, 0.4) is 0 Å². The van der Waals surface area contributed by atoms with Gasteiger partial charge in [0.15, 0.2) is 0 Å². The highest BCUT2D eigenvalue weighted by molar-refractivity contribution is 6.33. The van der Waals surface area contributed by atoms with Crippen molar-refractivity contribution in [2.24, 2.45) is 5.73 Å². The quantitative estimate of drug-likeness (QED) is 0.906. The molecule has 0 spiro atoms. The van der Waals surface area contributed by atoms with Crippen molar-refractivity contribution in [3.05, 3.63) is 28.8 Å². The maximum atomic E-state index is 6.43. The van der Waals surface area contributed by atoms with Crippen molar-refractivity contribution in [1.82, 2.24) is 0 Å². The Morgan fingerprint density at radius 2 is 2.22 bits per heavy atom. The average molecular weight is 267 g/mol. The largest absolute Gasteiger partial charge is 0.367 e. The molecule has 1 aliphatic heterocycles. The monoisotopic (exact) mass is 266 g/mol. The van der Waals surface area contributed by atoms with E-state index in [2.05, 4.69) is 17.9 Å². The Hall–Kier alpha value is -0.730. The van der Waals surface area contributed by atoms with Crippen molar-refractivity contribution >= 4 is 17.3 Å². The minimum absolute atomic E-state index is 0.169. The third-order valence-corrected chi connectivity index (χ3v) is 4.01. The van der Waals surface area contributed by atoms with Crippen LogP contribution in [0, 0.1) is 0 Å². The van der Waals surface area contributed by atoms with Crippen molar-refractivity contribution < 1.29 is 0 Å². The normalized spacial score (nSPS) is 22.0. The lowest BCUT2D eigenvalue weighted by atomic mass is 9.99. The summed E-state index contributed by atoms with van der Waals surface area (Å²) in [7, 11) is 0. The molecule has 2 atom stereocenters. The second kappa shape index (κ2) is 5.94. The van der Waals surface area contributed by atoms with Crippen LogP contribution >= 0.6 is 11.6 Å². The zero-order chi connectivity index (χ0) is 13.1. The molecule has 1 aliphatic rings. The van der Waals surface area contributed by atoms with Gasteiger partial charge in [-0.2, -0.15) is 0 Å². The third kappa shape index (κ3) is 2.99. The Labute approximate surface area is 115 Å². The highest BCUT2D eigenvalue weighted by atomic mass is 35.5. The van der Waals surface area contributed by atoms with E-state index < -0.39 is 0 Å². The summed E-state index contributed by atoms with van der Waals surface area (Å²) in [6.45, 7) is 5.44. The molecule has 2 N–H and O–H groups in total. The molecule has 0 aliphatic carbocycles. The minimum Gasteiger partial charge on any atom is -0.367 e. The van der Waals surface area contributed by atoms with Crippen LogP contribution in [0.4, 0.5) is 5.69 Å². The topological polar surface area (TPSA) is 29.3 Å². The van der Waals surface area contributed by atoms with Gasteiger partial charge in [-0.1, -0.05) is 23.7 Å². The predicted molar refractivity (Wildman–Crippen MR) is 79.5 cm³/mol. The number of nitrogens with two attached hydrogens (primary N) is 1. The lowest BCUT2D eigenvalue weighted by molar-refractivity contribution is 0.483. The van der Waals surface area contributed by atoms with Crippen LogP contribution < -0.4 is 10.6 Å². The lowest BCUT2D eigenvalue weighted by Crippen LogP contribution is -2.38. The van der Waals surface area contributed by atoms with Crippen LogP contribution in [0.1, 0.15) is 38.7 Å². The molecule has 1 saturated heterocycles. The van der Waals surface area contributed by atoms with E-state index in [1.807, 2.05) is 19.1 Å². The summed E-state index contributed by atoms with van der Waals surface area (Å²) in [5, 5.41) is 0.863. The predicted octanol–water partition coefficient (Wildman–Crippen LogP) is 3.61. The van der Waals surface area contributed by atoms with Crippen LogP contribution in [0.5, 0.6) is 0 Å². The number of hydrogen-bond donors (Lipinski definition) is 1. The maximum absolute atomic E-state index is 6.43. The fourth-order valence-electron chi connectivity index (χ4n) is 2.82. The number of para-hydroxylation sites is 1. The summed E-state index contributed by atoms with van der Waals surface area (Å²) in [6.07, 6.45) is 4.72. The molecule has 0 aromatic heterocycles. The molecule has 18 heavy (non-hydrogen) atoms. The standard InChI is InChI=1S/C15H23ClN2/c1-11(17)10-13-7-5-8-14(16)15(13)18-9-4-3-6-12(18)2/h5,7-8,11-12H,3-4,6,9-10,17H2,1-2H3. The number of rotatable bonds is 3. The van der Waals surface area contributed by atoms with Crippen LogP contribution in [0.2, 0.25) is 5.02 Å². The number of hydrogen-bond acceptors (Lipinski definition) is 2. The number of anilines is 1. The molecule has 0 amide bonds. The Morgan fingerprint density at radius 1 is 1.44 bits per heavy atom. The minimum atomic E-state index is 0.169. The smallest absolute Gasteiger partial charge is 0.0642 e. The molecule has 100 valence electrons. The lowest BCUT2D eigenvalue weighted by Gasteiger charge is -2.37. The molecule has 2 nitrogen and oxygen atoms in total. The van der Waals surface area contributed by atoms with E-state index >= 15 is 0 Å². The first-order chi connectivity index (χ1) is 8.59. The van der Waals surface area contributed by atoms with Crippen molar-refractivity contribution in [2.45, 2.75) is 51.6 Å². The van der Waals surface area contributed by atoms with Gasteiger partial charge in [-0.15, -0.1) is 0 Å². The average Bonchev–Trinajstić information content (AvgIpc) is 2.30. The van der Waals surface area contributed by atoms with E-state index in [1.54, 1.807) is 0 Å². The number of nitrogens with zero attached hydrogens (tertiary/aromatic N) is 1. The first-order valence-corrected chi connectivity index (χ1v) is 7.27. The van der Waals surface area contributed by atoms with Crippen LogP contribution in [-0.4, -0.2) is 18.6 Å². The molecule has 2 unspecified atom stereocenters. The molecule has 0 saturated carbocycles. The zero-order valence-corrected chi connectivity index (χ0v) is 12.1. The van der Waals surface area contributed by atoms with E-state index in [-0.39, 0.29) is 6.04 Å². The molecular formula is C15H23ClN2. The van der Waals surface area contributed by atoms with Crippen molar-refractivity contribution in [1.29, 1.82) is 0 Å². The Morgan fingerprint density at radius 3 is 2.89 bits per heavy atom. The number of halogens is 1. The summed E-state index contributed by atoms with van der Waals surface area (Å²) in [6, 6.07) is 6.92. The molecule has 1 aromatic rings. The van der Waals surface area contributed by atoms with Gasteiger partial charge in [-0.3, -0.25) is 0 Å². The molecule has 3 heteroatoms. The fraction of sp³-hybridized carbons (Fsp3) is 0.600. The van der Waals surface area contributed by atoms with Gasteiger partial charge in [0.05, 0.1) is 10.7 Å². The van der Waals surface area contributed by atoms with Crippen LogP contribution in [0.15, 0.2) is 18.2 Å². The van der Waals surface area contributed by atoms with Crippen molar-refractivity contribution in [3.63, 3.8) is 0 Å². The van der Waals surface area contributed by atoms with Gasteiger partial charge in [-0.05, 0) is 51.2 Å². The van der Waals surface area contributed by atoms with Crippen LogP contribution in [0.25, 0.3) is 0 Å². The second-order valence-electron chi connectivity index (χ2n) is 5.47. The molecule has 0 radical (unpaired) electrons. The third-order valence-electron chi connectivity index (χ3n) is 3.70. The summed E-state index contributed by atoms with van der Waals surface area (Å²) in [4.78, 5) is 2.46. The summed E-state index contributed by atoms with van der Waals surface area (Å²) in [5.41, 5.74) is 8.44. The summed E-state index contributed by atoms with van der Waals surface area (Å²) >= 11 is 6.43. The molecule has 0 bridgehead atoms. The van der Waals surface area contributed by atoms with E-state index in [1.165, 1.54) is 30.5 Å². The Bertz CT molecular complexity index is 403. The first kappa shape index (κ1) is 13.7. The van der Waals surface area contributed by atoms with Gasteiger partial charge >= 0.3 is 0 Å². The molecule has 1 aromatic carbocycles. The van der Waals surface area contributed by atoms with E-state index in [0.29, 0.717) is 6.04 Å². The molecular weight excluding hydrogens is 244 g/mol. The zero-order valence-electron chi connectivity index (χ0n) is 11.3. The number of piperidine rings is 1. The van der Waals surface area contributed by atoms with Crippen LogP contribution in [-0.2, 0) is 6.42 Å². The molecule has 1 heterocycles. The Kier molecular flexibility index (Phi) is 4.52. The van der Waals surface area contributed by atoms with Crippen molar-refractivity contribution in [2.75, 3.05) is 11.4 Å². The highest BCUT2D eigenvalue weighted by Crippen LogP contribution is 2.34. The van der Waals surface area contributed by atoms with Gasteiger partial charge in [0.25, 0.3) is 0 Å². The SMILES string of the molecule is CC(N)Cc1cccc(Cl)c1N1CCCCC1C. The van der Waals surface area contributed by atoms with E-state index in [0.717, 1.165) is 18.0 Å². The summed E-state index contributed by atoms with van der Waals surface area (Å²) in [5.74, 6) is 0. The summed E-state index contributed by atoms with van der Waals surface area (Å²) < 4.78 is 0. The van der Waals surface area contributed by atoms with Crippen molar-refractivity contribution in [3.8, 4) is 0 Å². The fourth-order valence-corrected chi connectivity index (χ4v) is 3.13. The molecule has 2 rings (SSSR count). The second-order valence-corrected chi connectivity index (χ2v) is 5.87. The number of benzene rings is 1. The van der Waals surface area contributed by atoms with Gasteiger partial charge in [0.1, 0.15) is 0 Å². The molecule has 1 fully saturated rings. The van der Waals surface area contributed by atoms with Gasteiger partial charge < -0.3 is 10.6 Å². The van der Waals surface area contributed by atoms with Gasteiger partial charge in [0.2, 0.25) is 0 Å². The van der Waals surface area contributed by atoms with E-state index in [9.17, 15) is 0 Å². The Balaban J connectivity index is 2.34. The first-order valence-electron chi connectivity index (χ1n) is 6.89. The van der Waals surface area contributed by atoms with Gasteiger partial charge in [0, 0.05) is 18.6 Å². The van der Waals surface area contributed by atoms with Gasteiger partial charge in [-0.25, -0.2) is 0 Å². The maximum Gasteiger partial charge on any atom is 0.0642 e. The highest BCUT2D eigenvalue weighted by Gasteiger charge is 2.23.